The predicted molar refractivity (Wildman–Crippen MR) is 58.3 cm³/mol. The molecule has 1 aromatic rings. The third kappa shape index (κ3) is 3.58. The number of aliphatic carboxylic acids is 1. The van der Waals surface area contributed by atoms with Crippen molar-refractivity contribution in [1.29, 1.82) is 5.41 Å². The number of benzene rings is 1. The van der Waals surface area contributed by atoms with E-state index in [-0.39, 0.29) is 6.42 Å². The largest absolute Gasteiger partial charge is 0.480 e. The van der Waals surface area contributed by atoms with Crippen molar-refractivity contribution in [2.75, 3.05) is 0 Å². The molecular weight excluding hydrogens is 210 g/mol. The number of hydrogen-bond donors (Lipinski definition) is 4. The molecule has 6 nitrogen and oxygen atoms in total. The number of nitrogens with one attached hydrogen (secondary N) is 1. The van der Waals surface area contributed by atoms with E-state index < -0.39 is 18.0 Å². The average Bonchev–Trinajstić information content (AvgIpc) is 2.20. The van der Waals surface area contributed by atoms with Crippen molar-refractivity contribution in [2.45, 2.75) is 12.5 Å². The minimum atomic E-state index is -1.04. The van der Waals surface area contributed by atoms with E-state index in [1.54, 1.807) is 24.3 Å². The zero-order valence-electron chi connectivity index (χ0n) is 8.51. The van der Waals surface area contributed by atoms with Gasteiger partial charge in [0.2, 0.25) is 0 Å². The molecule has 0 aliphatic rings. The summed E-state index contributed by atoms with van der Waals surface area (Å²) >= 11 is 0. The van der Waals surface area contributed by atoms with Crippen LogP contribution in [0.4, 0.5) is 0 Å². The lowest BCUT2D eigenvalue weighted by atomic mass is 10.1. The molecule has 0 saturated heterocycles. The Morgan fingerprint density at radius 3 is 2.44 bits per heavy atom. The van der Waals surface area contributed by atoms with Crippen molar-refractivity contribution >= 4 is 12.0 Å². The Kier molecular flexibility index (Phi) is 3.84. The van der Waals surface area contributed by atoms with Gasteiger partial charge in [-0.05, 0) is 24.1 Å². The van der Waals surface area contributed by atoms with E-state index in [2.05, 4.69) is 0 Å². The first kappa shape index (κ1) is 12.0. The molecule has 0 aromatic heterocycles. The molecule has 16 heavy (non-hydrogen) atoms. The van der Waals surface area contributed by atoms with Crippen molar-refractivity contribution in [2.24, 2.45) is 11.5 Å². The lowest BCUT2D eigenvalue weighted by Crippen LogP contribution is -2.32. The molecule has 0 fully saturated rings. The molecule has 0 amide bonds. The molecule has 6 N–H and O–H groups in total. The average molecular weight is 223 g/mol. The zero-order chi connectivity index (χ0) is 12.1. The van der Waals surface area contributed by atoms with E-state index in [1.165, 1.54) is 0 Å². The number of nitrogens with two attached hydrogens (primary N) is 2. The Labute approximate surface area is 92.3 Å². The summed E-state index contributed by atoms with van der Waals surface area (Å²) in [5.74, 6) is -0.607. The first-order valence-corrected chi connectivity index (χ1v) is 4.58. The zero-order valence-corrected chi connectivity index (χ0v) is 8.51. The Morgan fingerprint density at radius 1 is 1.44 bits per heavy atom. The van der Waals surface area contributed by atoms with E-state index in [4.69, 9.17) is 26.7 Å². The van der Waals surface area contributed by atoms with Crippen LogP contribution in [-0.4, -0.2) is 23.1 Å². The number of rotatable bonds is 4. The van der Waals surface area contributed by atoms with Crippen LogP contribution in [0.1, 0.15) is 5.56 Å². The molecule has 0 saturated carbocycles. The minimum absolute atomic E-state index is 0.246. The maximum Gasteiger partial charge on any atom is 0.320 e. The van der Waals surface area contributed by atoms with Gasteiger partial charge in [-0.3, -0.25) is 10.2 Å². The monoisotopic (exact) mass is 223 g/mol. The maximum atomic E-state index is 10.5. The fourth-order valence-corrected chi connectivity index (χ4v) is 1.16. The molecule has 0 unspecified atom stereocenters. The molecule has 0 radical (unpaired) electrons. The molecule has 0 aliphatic carbocycles. The second kappa shape index (κ2) is 5.13. The quantitative estimate of drug-likeness (QED) is 0.419. The van der Waals surface area contributed by atoms with E-state index in [1.807, 2.05) is 0 Å². The van der Waals surface area contributed by atoms with Gasteiger partial charge in [0.25, 0.3) is 6.02 Å². The van der Waals surface area contributed by atoms with Gasteiger partial charge in [0.05, 0.1) is 0 Å². The second-order valence-corrected chi connectivity index (χ2v) is 3.26. The number of carbonyl (C=O) groups is 1. The normalized spacial score (nSPS) is 11.8. The molecule has 1 atom stereocenters. The van der Waals surface area contributed by atoms with Gasteiger partial charge in [0.1, 0.15) is 11.8 Å². The highest BCUT2D eigenvalue weighted by Crippen LogP contribution is 2.12. The van der Waals surface area contributed by atoms with Crippen LogP contribution < -0.4 is 16.2 Å². The van der Waals surface area contributed by atoms with Crippen LogP contribution in [0.3, 0.4) is 0 Å². The summed E-state index contributed by atoms with van der Waals surface area (Å²) in [5, 5.41) is 15.5. The van der Waals surface area contributed by atoms with Gasteiger partial charge >= 0.3 is 5.97 Å². The number of amidine groups is 1. The second-order valence-electron chi connectivity index (χ2n) is 3.26. The Morgan fingerprint density at radius 2 is 2.00 bits per heavy atom. The SMILES string of the molecule is N=C(N)Oc1ccc(C[C@H](N)C(=O)O)cc1. The van der Waals surface area contributed by atoms with E-state index in [0.29, 0.717) is 5.75 Å². The molecule has 6 heteroatoms. The van der Waals surface area contributed by atoms with Gasteiger partial charge in [-0.15, -0.1) is 0 Å². The molecule has 0 aliphatic heterocycles. The third-order valence-electron chi connectivity index (χ3n) is 1.92. The molecule has 0 heterocycles. The van der Waals surface area contributed by atoms with Crippen molar-refractivity contribution in [1.82, 2.24) is 0 Å². The number of carboxylic acids is 1. The lowest BCUT2D eigenvalue weighted by Gasteiger charge is -2.07. The molecule has 1 aromatic carbocycles. The maximum absolute atomic E-state index is 10.5. The van der Waals surface area contributed by atoms with Crippen molar-refractivity contribution in [3.05, 3.63) is 29.8 Å². The van der Waals surface area contributed by atoms with E-state index >= 15 is 0 Å². The van der Waals surface area contributed by atoms with Crippen molar-refractivity contribution < 1.29 is 14.6 Å². The Hall–Kier alpha value is -2.08. The Balaban J connectivity index is 2.64. The summed E-state index contributed by atoms with van der Waals surface area (Å²) in [6.45, 7) is 0. The molecule has 0 spiro atoms. The van der Waals surface area contributed by atoms with Gasteiger partial charge < -0.3 is 21.3 Å². The van der Waals surface area contributed by atoms with Crippen LogP contribution in [0.15, 0.2) is 24.3 Å². The number of ether oxygens (including phenoxy) is 1. The Bertz CT molecular complexity index is 389. The standard InChI is InChI=1S/C10H13N3O3/c11-8(9(14)15)5-6-1-3-7(4-2-6)16-10(12)13/h1-4,8H,5,11H2,(H3,12,13)(H,14,15)/t8-/m0/s1. The first-order valence-electron chi connectivity index (χ1n) is 4.58. The van der Waals surface area contributed by atoms with Crippen molar-refractivity contribution in [3.8, 4) is 5.75 Å². The van der Waals surface area contributed by atoms with Crippen LogP contribution in [0.5, 0.6) is 5.75 Å². The van der Waals surface area contributed by atoms with Crippen LogP contribution in [0, 0.1) is 5.41 Å². The molecular formula is C10H13N3O3. The van der Waals surface area contributed by atoms with E-state index in [0.717, 1.165) is 5.56 Å². The fourth-order valence-electron chi connectivity index (χ4n) is 1.16. The smallest absolute Gasteiger partial charge is 0.320 e. The summed E-state index contributed by atoms with van der Waals surface area (Å²) in [5.41, 5.74) is 11.2. The molecule has 1 rings (SSSR count). The summed E-state index contributed by atoms with van der Waals surface area (Å²) < 4.78 is 4.84. The van der Waals surface area contributed by atoms with Crippen LogP contribution >= 0.6 is 0 Å². The van der Waals surface area contributed by atoms with Gasteiger partial charge in [-0.1, -0.05) is 12.1 Å². The van der Waals surface area contributed by atoms with Crippen LogP contribution in [0.25, 0.3) is 0 Å². The van der Waals surface area contributed by atoms with Gasteiger partial charge in [-0.2, -0.15) is 0 Å². The lowest BCUT2D eigenvalue weighted by molar-refractivity contribution is -0.138. The van der Waals surface area contributed by atoms with Gasteiger partial charge in [0.15, 0.2) is 0 Å². The fraction of sp³-hybridized carbons (Fsp3) is 0.200. The van der Waals surface area contributed by atoms with Gasteiger partial charge in [-0.25, -0.2) is 0 Å². The topological polar surface area (TPSA) is 122 Å². The molecule has 86 valence electrons. The number of carboxylic acid groups (broad SMARTS) is 1. The predicted octanol–water partition coefficient (Wildman–Crippen LogP) is -0.0867. The van der Waals surface area contributed by atoms with Crippen LogP contribution in [0.2, 0.25) is 0 Å². The summed E-state index contributed by atoms with van der Waals surface area (Å²) in [4.78, 5) is 10.5. The molecule has 0 bridgehead atoms. The third-order valence-corrected chi connectivity index (χ3v) is 1.92. The summed E-state index contributed by atoms with van der Waals surface area (Å²) in [7, 11) is 0. The highest BCUT2D eigenvalue weighted by atomic mass is 16.5. The van der Waals surface area contributed by atoms with E-state index in [9.17, 15) is 4.79 Å². The highest BCUT2D eigenvalue weighted by molar-refractivity contribution is 5.73. The van der Waals surface area contributed by atoms with Crippen molar-refractivity contribution in [3.63, 3.8) is 0 Å². The van der Waals surface area contributed by atoms with Gasteiger partial charge in [0, 0.05) is 0 Å². The summed E-state index contributed by atoms with van der Waals surface area (Å²) in [6, 6.07) is 5.26. The number of hydrogen-bond acceptors (Lipinski definition) is 4. The minimum Gasteiger partial charge on any atom is -0.480 e. The summed E-state index contributed by atoms with van der Waals surface area (Å²) in [6.07, 6.45) is 0.246. The van der Waals surface area contributed by atoms with Crippen LogP contribution in [-0.2, 0) is 11.2 Å². The highest BCUT2D eigenvalue weighted by Gasteiger charge is 2.11. The first-order chi connectivity index (χ1) is 7.49.